The van der Waals surface area contributed by atoms with Crippen LogP contribution in [-0.2, 0) is 27.6 Å². The first kappa shape index (κ1) is 23.5. The molecule has 0 spiro atoms. The van der Waals surface area contributed by atoms with Crippen LogP contribution in [0.3, 0.4) is 0 Å². The van der Waals surface area contributed by atoms with Crippen molar-refractivity contribution in [1.82, 2.24) is 9.97 Å². The molecule has 2 N–H and O–H groups in total. The molecule has 35 heavy (non-hydrogen) atoms. The van der Waals surface area contributed by atoms with Gasteiger partial charge in [-0.2, -0.15) is 4.98 Å². The standard InChI is InChI=1S/C24H23ClN4O5S/c1-33-19-7-6-15(11-17(19)25)24(31)12-29(13-24)23-27-18-8-9-35(32)20(18)21(28-23)26-16-5-3-4-14(10-16)22(30)34-2/h3-7,10-11,31H,8-9,12-13H2,1-2H3,(H,26,27,28). The van der Waals surface area contributed by atoms with Gasteiger partial charge in [-0.3, -0.25) is 4.21 Å². The van der Waals surface area contributed by atoms with Crippen LogP contribution in [0, 0.1) is 0 Å². The number of aliphatic hydroxyl groups is 1. The summed E-state index contributed by atoms with van der Waals surface area (Å²) >= 11 is 6.24. The minimum absolute atomic E-state index is 0.273. The average Bonchev–Trinajstić information content (AvgIpc) is 3.22. The van der Waals surface area contributed by atoms with E-state index >= 15 is 0 Å². The van der Waals surface area contributed by atoms with E-state index in [1.165, 1.54) is 14.2 Å². The van der Waals surface area contributed by atoms with Gasteiger partial charge in [-0.05, 0) is 35.9 Å². The number of carbonyl (C=O) groups excluding carboxylic acids is 1. The minimum atomic E-state index is -1.23. The molecule has 1 atom stereocenters. The molecule has 1 unspecified atom stereocenters. The largest absolute Gasteiger partial charge is 0.495 e. The van der Waals surface area contributed by atoms with Crippen LogP contribution >= 0.6 is 11.6 Å². The van der Waals surface area contributed by atoms with Crippen LogP contribution in [0.15, 0.2) is 47.4 Å². The monoisotopic (exact) mass is 514 g/mol. The van der Waals surface area contributed by atoms with Crippen LogP contribution < -0.4 is 15.0 Å². The smallest absolute Gasteiger partial charge is 0.337 e. The van der Waals surface area contributed by atoms with E-state index in [2.05, 4.69) is 15.3 Å². The molecule has 0 saturated carbocycles. The number of ether oxygens (including phenoxy) is 2. The number of anilines is 3. The highest BCUT2D eigenvalue weighted by atomic mass is 35.5. The zero-order valence-corrected chi connectivity index (χ0v) is 20.7. The zero-order valence-electron chi connectivity index (χ0n) is 19.1. The summed E-state index contributed by atoms with van der Waals surface area (Å²) in [5.41, 5.74) is 1.28. The lowest BCUT2D eigenvalue weighted by Gasteiger charge is -2.47. The Hall–Kier alpha value is -3.21. The summed E-state index contributed by atoms with van der Waals surface area (Å²) in [5.74, 6) is 1.41. The maximum atomic E-state index is 12.7. The number of β-amino-alcohol motifs (C(OH)–C–C–N with tert-alkyl or cyclic N) is 1. The van der Waals surface area contributed by atoms with E-state index in [9.17, 15) is 14.1 Å². The molecule has 5 rings (SSSR count). The second kappa shape index (κ2) is 9.10. The lowest BCUT2D eigenvalue weighted by Crippen LogP contribution is -2.60. The number of nitrogens with one attached hydrogen (secondary N) is 1. The highest BCUT2D eigenvalue weighted by Gasteiger charge is 2.45. The number of benzene rings is 2. The summed E-state index contributed by atoms with van der Waals surface area (Å²) in [6.07, 6.45) is 0.570. The summed E-state index contributed by atoms with van der Waals surface area (Å²) in [6.45, 7) is 0.545. The highest BCUT2D eigenvalue weighted by Crippen LogP contribution is 2.39. The summed E-state index contributed by atoms with van der Waals surface area (Å²) < 4.78 is 22.7. The van der Waals surface area contributed by atoms with Crippen LogP contribution in [0.2, 0.25) is 5.02 Å². The number of carbonyl (C=O) groups is 1. The van der Waals surface area contributed by atoms with Gasteiger partial charge in [-0.1, -0.05) is 23.7 Å². The van der Waals surface area contributed by atoms with Gasteiger partial charge in [0, 0.05) is 17.9 Å². The molecule has 3 heterocycles. The predicted octanol–water partition coefficient (Wildman–Crippen LogP) is 3.04. The highest BCUT2D eigenvalue weighted by molar-refractivity contribution is 7.85. The third kappa shape index (κ3) is 4.33. The van der Waals surface area contributed by atoms with E-state index < -0.39 is 22.4 Å². The Morgan fingerprint density at radius 3 is 2.71 bits per heavy atom. The third-order valence-corrected chi connectivity index (χ3v) is 7.85. The Kier molecular flexibility index (Phi) is 6.12. The number of aryl methyl sites for hydroxylation is 1. The van der Waals surface area contributed by atoms with Gasteiger partial charge in [-0.15, -0.1) is 0 Å². The molecule has 1 fully saturated rings. The first-order valence-electron chi connectivity index (χ1n) is 10.9. The van der Waals surface area contributed by atoms with Crippen molar-refractivity contribution >= 4 is 45.8 Å². The molecule has 0 bridgehead atoms. The van der Waals surface area contributed by atoms with Gasteiger partial charge in [-0.25, -0.2) is 9.78 Å². The molecule has 3 aromatic rings. The number of fused-ring (bicyclic) bond motifs is 1. The van der Waals surface area contributed by atoms with Gasteiger partial charge in [0.05, 0.1) is 54.4 Å². The van der Waals surface area contributed by atoms with Crippen LogP contribution in [0.4, 0.5) is 17.5 Å². The molecule has 1 aromatic heterocycles. The second-order valence-corrected chi connectivity index (χ2v) is 10.3. The van der Waals surface area contributed by atoms with Gasteiger partial charge < -0.3 is 24.8 Å². The number of rotatable bonds is 6. The normalized spacial score (nSPS) is 17.9. The molecule has 2 aliphatic rings. The molecular weight excluding hydrogens is 492 g/mol. The fraction of sp³-hybridized carbons (Fsp3) is 0.292. The molecule has 2 aliphatic heterocycles. The fourth-order valence-electron chi connectivity index (χ4n) is 4.25. The minimum Gasteiger partial charge on any atom is -0.495 e. The third-order valence-electron chi connectivity index (χ3n) is 6.10. The maximum absolute atomic E-state index is 12.7. The number of aromatic nitrogens is 2. The van der Waals surface area contributed by atoms with E-state index in [1.54, 1.807) is 42.5 Å². The summed E-state index contributed by atoms with van der Waals surface area (Å²) in [5, 5.41) is 14.8. The van der Waals surface area contributed by atoms with Crippen LogP contribution in [0.5, 0.6) is 5.75 Å². The first-order chi connectivity index (χ1) is 16.8. The van der Waals surface area contributed by atoms with Crippen LogP contribution in [0.1, 0.15) is 21.6 Å². The van der Waals surface area contributed by atoms with Crippen molar-refractivity contribution in [3.63, 3.8) is 0 Å². The number of nitrogens with zero attached hydrogens (tertiary/aromatic N) is 3. The molecule has 1 saturated heterocycles. The van der Waals surface area contributed by atoms with Gasteiger partial charge >= 0.3 is 5.97 Å². The van der Waals surface area contributed by atoms with E-state index in [0.29, 0.717) is 62.1 Å². The number of methoxy groups -OCH3 is 2. The van der Waals surface area contributed by atoms with Crippen LogP contribution in [-0.4, -0.2) is 58.3 Å². The van der Waals surface area contributed by atoms with Gasteiger partial charge in [0.2, 0.25) is 5.95 Å². The average molecular weight is 515 g/mol. The first-order valence-corrected chi connectivity index (χ1v) is 12.6. The summed E-state index contributed by atoms with van der Waals surface area (Å²) in [6, 6.07) is 12.0. The molecular formula is C24H23ClN4O5S. The maximum Gasteiger partial charge on any atom is 0.337 e. The summed E-state index contributed by atoms with van der Waals surface area (Å²) in [7, 11) is 1.63. The Balaban J connectivity index is 1.42. The number of hydrogen-bond acceptors (Lipinski definition) is 9. The topological polar surface area (TPSA) is 114 Å². The molecule has 9 nitrogen and oxygen atoms in total. The van der Waals surface area contributed by atoms with Gasteiger partial charge in [0.15, 0.2) is 5.82 Å². The quantitative estimate of drug-likeness (QED) is 0.479. The fourth-order valence-corrected chi connectivity index (χ4v) is 5.82. The molecule has 0 amide bonds. The Morgan fingerprint density at radius 2 is 2.00 bits per heavy atom. The van der Waals surface area contributed by atoms with Gasteiger partial charge in [0.1, 0.15) is 16.2 Å². The van der Waals surface area contributed by atoms with Crippen molar-refractivity contribution in [2.45, 2.75) is 16.9 Å². The van der Waals surface area contributed by atoms with Gasteiger partial charge in [0.25, 0.3) is 0 Å². The molecule has 11 heteroatoms. The van der Waals surface area contributed by atoms with E-state index in [-0.39, 0.29) is 13.1 Å². The Morgan fingerprint density at radius 1 is 1.20 bits per heavy atom. The zero-order chi connectivity index (χ0) is 24.7. The van der Waals surface area contributed by atoms with E-state index in [4.69, 9.17) is 21.1 Å². The van der Waals surface area contributed by atoms with Crippen molar-refractivity contribution in [1.29, 1.82) is 0 Å². The molecule has 2 aromatic carbocycles. The number of esters is 1. The van der Waals surface area contributed by atoms with E-state index in [1.807, 2.05) is 4.90 Å². The van der Waals surface area contributed by atoms with Crippen molar-refractivity contribution in [3.8, 4) is 5.75 Å². The van der Waals surface area contributed by atoms with E-state index in [0.717, 1.165) is 0 Å². The Bertz CT molecular complexity index is 1350. The van der Waals surface area contributed by atoms with Crippen molar-refractivity contribution in [2.75, 3.05) is 43.3 Å². The lowest BCUT2D eigenvalue weighted by molar-refractivity contribution is 0.00648. The second-order valence-electron chi connectivity index (χ2n) is 8.38. The molecule has 182 valence electrons. The predicted molar refractivity (Wildman–Crippen MR) is 132 cm³/mol. The molecule has 0 aliphatic carbocycles. The summed E-state index contributed by atoms with van der Waals surface area (Å²) in [4.78, 5) is 23.6. The van der Waals surface area contributed by atoms with Crippen LogP contribution in [0.25, 0.3) is 0 Å². The lowest BCUT2D eigenvalue weighted by atomic mass is 9.86. The molecule has 0 radical (unpaired) electrons. The Labute approximate surface area is 209 Å². The number of halogens is 1. The van der Waals surface area contributed by atoms with Crippen molar-refractivity contribution < 1.29 is 23.6 Å². The van der Waals surface area contributed by atoms with Crippen molar-refractivity contribution in [2.24, 2.45) is 0 Å². The SMILES string of the molecule is COC(=O)c1cccc(Nc2nc(N3CC(O)(c4ccc(OC)c(Cl)c4)C3)nc3c2S(=O)CC3)c1. The van der Waals surface area contributed by atoms with Crippen molar-refractivity contribution in [3.05, 3.63) is 64.3 Å². The number of hydrogen-bond donors (Lipinski definition) is 2.